The van der Waals surface area contributed by atoms with E-state index < -0.39 is 44.4 Å². The van der Waals surface area contributed by atoms with Crippen molar-refractivity contribution in [2.45, 2.75) is 35.8 Å². The van der Waals surface area contributed by atoms with E-state index >= 15 is 0 Å². The van der Waals surface area contributed by atoms with Crippen LogP contribution >= 0.6 is 11.6 Å². The fourth-order valence-electron chi connectivity index (χ4n) is 4.97. The Bertz CT molecular complexity index is 1290. The van der Waals surface area contributed by atoms with Crippen molar-refractivity contribution in [3.63, 3.8) is 0 Å². The minimum atomic E-state index is -3.98. The monoisotopic (exact) mass is 513 g/mol. The van der Waals surface area contributed by atoms with Gasteiger partial charge in [-0.05, 0) is 55.7 Å². The van der Waals surface area contributed by atoms with Gasteiger partial charge >= 0.3 is 5.97 Å². The van der Waals surface area contributed by atoms with Crippen LogP contribution in [0.25, 0.3) is 0 Å². The summed E-state index contributed by atoms with van der Waals surface area (Å²) in [5, 5.41) is 10.4. The van der Waals surface area contributed by atoms with Gasteiger partial charge in [0.2, 0.25) is 0 Å². The fraction of sp³-hybridized carbons (Fsp3) is 0.304. The maximum absolute atomic E-state index is 13.6. The molecule has 1 amide bonds. The van der Waals surface area contributed by atoms with Gasteiger partial charge in [-0.15, -0.1) is 0 Å². The van der Waals surface area contributed by atoms with Gasteiger partial charge < -0.3 is 10.4 Å². The molecule has 2 aromatic carbocycles. The number of carboxylic acids is 1. The van der Waals surface area contributed by atoms with Crippen LogP contribution in [0.15, 0.2) is 46.9 Å². The SMILES string of the molecule is O=C(O)/C=C1\CC2CC[C@@H](C1)[C@H]2S(=O)(=O)c1cc(C(=O)Nc2cc(F)c(F)c(F)c2)ccc1Cl. The number of allylic oxidation sites excluding steroid dienone is 1. The molecule has 4 rings (SSSR count). The molecule has 6 nitrogen and oxygen atoms in total. The van der Waals surface area contributed by atoms with Gasteiger partial charge in [0.05, 0.1) is 15.2 Å². The molecule has 2 aliphatic rings. The normalized spacial score (nSPS) is 23.2. The first kappa shape index (κ1) is 24.3. The summed E-state index contributed by atoms with van der Waals surface area (Å²) in [5.41, 5.74) is 0.232. The first-order valence-electron chi connectivity index (χ1n) is 10.4. The highest BCUT2D eigenvalue weighted by molar-refractivity contribution is 7.92. The van der Waals surface area contributed by atoms with Crippen molar-refractivity contribution >= 4 is 39.0 Å². The van der Waals surface area contributed by atoms with Crippen molar-refractivity contribution in [2.75, 3.05) is 5.32 Å². The Labute approximate surface area is 198 Å². The number of nitrogens with one attached hydrogen (secondary N) is 1. The van der Waals surface area contributed by atoms with Gasteiger partial charge in [-0.2, -0.15) is 0 Å². The zero-order chi connectivity index (χ0) is 24.8. The number of halogens is 4. The molecule has 0 spiro atoms. The van der Waals surface area contributed by atoms with Crippen LogP contribution in [-0.2, 0) is 14.6 Å². The number of amides is 1. The highest BCUT2D eigenvalue weighted by Crippen LogP contribution is 2.50. The number of carbonyl (C=O) groups excluding carboxylic acids is 1. The number of carboxylic acid groups (broad SMARTS) is 1. The number of aliphatic carboxylic acids is 1. The maximum Gasteiger partial charge on any atom is 0.328 e. The van der Waals surface area contributed by atoms with E-state index in [2.05, 4.69) is 5.32 Å². The minimum Gasteiger partial charge on any atom is -0.478 e. The van der Waals surface area contributed by atoms with Crippen LogP contribution in [0.2, 0.25) is 5.02 Å². The van der Waals surface area contributed by atoms with E-state index in [-0.39, 0.29) is 33.0 Å². The van der Waals surface area contributed by atoms with Crippen molar-refractivity contribution in [1.82, 2.24) is 0 Å². The largest absolute Gasteiger partial charge is 0.478 e. The molecule has 2 fully saturated rings. The van der Waals surface area contributed by atoms with Crippen molar-refractivity contribution in [3.05, 3.63) is 70.0 Å². The molecule has 0 saturated heterocycles. The molecule has 2 aliphatic carbocycles. The third kappa shape index (κ3) is 4.56. The molecule has 0 aliphatic heterocycles. The van der Waals surface area contributed by atoms with E-state index in [1.165, 1.54) is 12.1 Å². The Hall–Kier alpha value is -2.85. The zero-order valence-corrected chi connectivity index (χ0v) is 19.1. The van der Waals surface area contributed by atoms with Gasteiger partial charge in [0.1, 0.15) is 0 Å². The maximum atomic E-state index is 13.6. The van der Waals surface area contributed by atoms with Gasteiger partial charge in [-0.25, -0.2) is 26.4 Å². The van der Waals surface area contributed by atoms with Crippen molar-refractivity contribution < 1.29 is 36.3 Å². The van der Waals surface area contributed by atoms with Crippen LogP contribution in [0.1, 0.15) is 36.0 Å². The lowest BCUT2D eigenvalue weighted by Crippen LogP contribution is -2.35. The number of anilines is 1. The van der Waals surface area contributed by atoms with Crippen LogP contribution < -0.4 is 5.32 Å². The molecule has 2 aromatic rings. The number of carbonyl (C=O) groups is 2. The lowest BCUT2D eigenvalue weighted by Gasteiger charge is -2.31. The number of hydrogen-bond donors (Lipinski definition) is 2. The van der Waals surface area contributed by atoms with Gasteiger partial charge in [-0.3, -0.25) is 4.79 Å². The smallest absolute Gasteiger partial charge is 0.328 e. The second-order valence-electron chi connectivity index (χ2n) is 8.51. The van der Waals surface area contributed by atoms with E-state index in [1.54, 1.807) is 0 Å². The fourth-order valence-corrected chi connectivity index (χ4v) is 7.82. The molecular weight excluding hydrogens is 495 g/mol. The molecule has 2 bridgehead atoms. The summed E-state index contributed by atoms with van der Waals surface area (Å²) in [7, 11) is -3.98. The molecule has 0 heterocycles. The Morgan fingerprint density at radius 2 is 1.62 bits per heavy atom. The van der Waals surface area contributed by atoms with E-state index in [0.717, 1.165) is 12.1 Å². The molecule has 3 atom stereocenters. The molecular formula is C23H19ClF3NO5S. The first-order valence-corrected chi connectivity index (χ1v) is 12.3. The Balaban J connectivity index is 1.62. The van der Waals surface area contributed by atoms with Crippen molar-refractivity contribution in [1.29, 1.82) is 0 Å². The van der Waals surface area contributed by atoms with Crippen LogP contribution in [0.3, 0.4) is 0 Å². The van der Waals surface area contributed by atoms with E-state index in [0.29, 0.717) is 43.4 Å². The third-order valence-electron chi connectivity index (χ3n) is 6.31. The van der Waals surface area contributed by atoms with E-state index in [4.69, 9.17) is 16.7 Å². The van der Waals surface area contributed by atoms with E-state index in [9.17, 15) is 31.2 Å². The summed E-state index contributed by atoms with van der Waals surface area (Å²) in [6, 6.07) is 4.81. The Morgan fingerprint density at radius 3 is 2.18 bits per heavy atom. The Kier molecular flexibility index (Phi) is 6.48. The molecule has 2 saturated carbocycles. The van der Waals surface area contributed by atoms with E-state index in [1.807, 2.05) is 0 Å². The number of benzene rings is 2. The molecule has 0 radical (unpaired) electrons. The molecule has 1 unspecified atom stereocenters. The third-order valence-corrected chi connectivity index (χ3v) is 9.19. The molecule has 34 heavy (non-hydrogen) atoms. The van der Waals surface area contributed by atoms with Gasteiger partial charge in [0.25, 0.3) is 5.91 Å². The summed E-state index contributed by atoms with van der Waals surface area (Å²) in [5.74, 6) is -7.13. The summed E-state index contributed by atoms with van der Waals surface area (Å²) in [6.07, 6.45) is 3.10. The summed E-state index contributed by atoms with van der Waals surface area (Å²) in [4.78, 5) is 23.4. The lowest BCUT2D eigenvalue weighted by molar-refractivity contribution is -0.131. The molecule has 2 N–H and O–H groups in total. The quantitative estimate of drug-likeness (QED) is 0.433. The number of fused-ring (bicyclic) bond motifs is 2. The van der Waals surface area contributed by atoms with Gasteiger partial charge in [0, 0.05) is 29.5 Å². The first-order chi connectivity index (χ1) is 16.0. The number of hydrogen-bond acceptors (Lipinski definition) is 4. The average molecular weight is 514 g/mol. The summed E-state index contributed by atoms with van der Waals surface area (Å²) in [6.45, 7) is 0. The zero-order valence-electron chi connectivity index (χ0n) is 17.5. The summed E-state index contributed by atoms with van der Waals surface area (Å²) >= 11 is 6.20. The topological polar surface area (TPSA) is 101 Å². The van der Waals surface area contributed by atoms with Crippen LogP contribution in [-0.4, -0.2) is 30.7 Å². The second kappa shape index (κ2) is 9.07. The minimum absolute atomic E-state index is 0.0818. The van der Waals surface area contributed by atoms with Crippen molar-refractivity contribution in [3.8, 4) is 0 Å². The number of sulfone groups is 1. The summed E-state index contributed by atoms with van der Waals surface area (Å²) < 4.78 is 67.2. The van der Waals surface area contributed by atoms with Crippen molar-refractivity contribution in [2.24, 2.45) is 11.8 Å². The predicted molar refractivity (Wildman–Crippen MR) is 118 cm³/mol. The number of rotatable bonds is 5. The molecule has 0 aromatic heterocycles. The van der Waals surface area contributed by atoms with Crippen LogP contribution in [0.5, 0.6) is 0 Å². The van der Waals surface area contributed by atoms with Crippen LogP contribution in [0, 0.1) is 29.3 Å². The van der Waals surface area contributed by atoms with Gasteiger partial charge in [0.15, 0.2) is 27.3 Å². The molecule has 180 valence electrons. The molecule has 11 heteroatoms. The highest BCUT2D eigenvalue weighted by atomic mass is 35.5. The second-order valence-corrected chi connectivity index (χ2v) is 11.0. The standard InChI is InChI=1S/C23H19ClF3NO5S/c24-16-4-3-14(23(31)28-15-9-17(25)21(27)18(26)10-15)8-19(16)34(32,33)22-12-1-2-13(22)6-11(5-12)7-20(29)30/h3-4,7-10,12-13,22H,1-2,5-6H2,(H,28,31)(H,29,30)/b11-7-/t12-,13?,22+/m0/s1. The average Bonchev–Trinajstić information content (AvgIpc) is 3.03. The highest BCUT2D eigenvalue weighted by Gasteiger charge is 2.48. The van der Waals surface area contributed by atoms with Crippen LogP contribution in [0.4, 0.5) is 18.9 Å². The Morgan fingerprint density at radius 1 is 1.03 bits per heavy atom. The predicted octanol–water partition coefficient (Wildman–Crippen LogP) is 4.98. The van der Waals surface area contributed by atoms with Gasteiger partial charge in [-0.1, -0.05) is 17.2 Å². The lowest BCUT2D eigenvalue weighted by atomic mass is 9.84.